The molecule has 10 heteroatoms. The maximum atomic E-state index is 12.6. The minimum Gasteiger partial charge on any atom is -0.365 e. The summed E-state index contributed by atoms with van der Waals surface area (Å²) in [4.78, 5) is 25.6. The fourth-order valence-corrected chi connectivity index (χ4v) is 6.16. The van der Waals surface area contributed by atoms with E-state index in [4.69, 9.17) is 5.73 Å². The summed E-state index contributed by atoms with van der Waals surface area (Å²) in [6.07, 6.45) is 5.19. The normalized spacial score (nSPS) is 17.0. The van der Waals surface area contributed by atoms with Gasteiger partial charge in [-0.05, 0) is 44.6 Å². The number of primary amides is 1. The highest BCUT2D eigenvalue weighted by molar-refractivity contribution is 8.02. The number of hydrogen-bond donors (Lipinski definition) is 3. The molecule has 2 heterocycles. The van der Waals surface area contributed by atoms with Crippen LogP contribution in [0.15, 0.2) is 4.34 Å². The first-order chi connectivity index (χ1) is 12.5. The summed E-state index contributed by atoms with van der Waals surface area (Å²) in [5, 5.41) is 15.5. The first kappa shape index (κ1) is 17.7. The van der Waals surface area contributed by atoms with Gasteiger partial charge in [-0.2, -0.15) is 0 Å². The lowest BCUT2D eigenvalue weighted by Gasteiger charge is -2.10. The fraction of sp³-hybridized carbons (Fsp3) is 0.500. The highest BCUT2D eigenvalue weighted by atomic mass is 32.2. The maximum Gasteiger partial charge on any atom is 0.251 e. The Balaban J connectivity index is 1.41. The Morgan fingerprint density at radius 2 is 2.08 bits per heavy atom. The number of nitrogens with two attached hydrogens (primary N) is 1. The number of hydrogen-bond acceptors (Lipinski definition) is 8. The maximum absolute atomic E-state index is 12.6. The Kier molecular flexibility index (Phi) is 4.89. The van der Waals surface area contributed by atoms with E-state index in [1.807, 2.05) is 6.92 Å². The van der Waals surface area contributed by atoms with E-state index in [0.29, 0.717) is 16.6 Å². The Bertz CT molecular complexity index is 858. The van der Waals surface area contributed by atoms with Gasteiger partial charge in [-0.3, -0.25) is 9.59 Å². The molecule has 26 heavy (non-hydrogen) atoms. The van der Waals surface area contributed by atoms with Crippen LogP contribution in [0.1, 0.15) is 47.0 Å². The quantitative estimate of drug-likeness (QED) is 0.607. The molecule has 4 N–H and O–H groups in total. The SMILES string of the molecule is C[C@@H](Sc1nnc(NC2CC2)s1)C(=O)Nc1sc2c(c1C(N)=O)CCC2. The van der Waals surface area contributed by atoms with Crippen molar-refractivity contribution in [2.24, 2.45) is 5.73 Å². The molecule has 0 aliphatic heterocycles. The second-order valence-electron chi connectivity index (χ2n) is 6.47. The van der Waals surface area contributed by atoms with Crippen LogP contribution in [-0.2, 0) is 17.6 Å². The third-order valence-electron chi connectivity index (χ3n) is 4.36. The van der Waals surface area contributed by atoms with Gasteiger partial charge in [0.2, 0.25) is 11.0 Å². The molecule has 0 radical (unpaired) electrons. The van der Waals surface area contributed by atoms with E-state index in [9.17, 15) is 9.59 Å². The average Bonchev–Trinajstić information content (AvgIpc) is 2.96. The zero-order valence-corrected chi connectivity index (χ0v) is 16.7. The number of aryl methyl sites for hydroxylation is 1. The van der Waals surface area contributed by atoms with Gasteiger partial charge < -0.3 is 16.4 Å². The van der Waals surface area contributed by atoms with E-state index in [1.54, 1.807) is 0 Å². The first-order valence-corrected chi connectivity index (χ1v) is 11.0. The summed E-state index contributed by atoms with van der Waals surface area (Å²) in [7, 11) is 0. The lowest BCUT2D eigenvalue weighted by Crippen LogP contribution is -2.24. The minimum atomic E-state index is -0.472. The molecule has 138 valence electrons. The van der Waals surface area contributed by atoms with Gasteiger partial charge in [0.1, 0.15) is 5.00 Å². The first-order valence-electron chi connectivity index (χ1n) is 8.53. The number of aromatic nitrogens is 2. The van der Waals surface area contributed by atoms with Crippen molar-refractivity contribution in [3.05, 3.63) is 16.0 Å². The highest BCUT2D eigenvalue weighted by Gasteiger charge is 2.28. The van der Waals surface area contributed by atoms with Gasteiger partial charge in [0, 0.05) is 10.9 Å². The number of amides is 2. The molecule has 0 spiro atoms. The van der Waals surface area contributed by atoms with Crippen molar-refractivity contribution in [2.75, 3.05) is 10.6 Å². The van der Waals surface area contributed by atoms with Crippen molar-refractivity contribution in [1.82, 2.24) is 10.2 Å². The molecule has 0 unspecified atom stereocenters. The van der Waals surface area contributed by atoms with E-state index in [0.717, 1.165) is 39.2 Å². The van der Waals surface area contributed by atoms with Crippen LogP contribution < -0.4 is 16.4 Å². The minimum absolute atomic E-state index is 0.163. The molecule has 2 aromatic rings. The summed E-state index contributed by atoms with van der Waals surface area (Å²) in [6, 6.07) is 0.523. The summed E-state index contributed by atoms with van der Waals surface area (Å²) in [5.74, 6) is -0.635. The third-order valence-corrected chi connectivity index (χ3v) is 7.61. The van der Waals surface area contributed by atoms with Gasteiger partial charge in [-0.25, -0.2) is 0 Å². The van der Waals surface area contributed by atoms with Crippen LogP contribution in [0.2, 0.25) is 0 Å². The number of carbonyl (C=O) groups excluding carboxylic acids is 2. The van der Waals surface area contributed by atoms with Gasteiger partial charge in [0.25, 0.3) is 5.91 Å². The molecule has 0 bridgehead atoms. The number of anilines is 2. The Hall–Kier alpha value is -1.65. The van der Waals surface area contributed by atoms with Crippen LogP contribution in [0.25, 0.3) is 0 Å². The molecule has 0 saturated heterocycles. The summed E-state index contributed by atoms with van der Waals surface area (Å²) >= 11 is 4.29. The van der Waals surface area contributed by atoms with Crippen molar-refractivity contribution in [3.63, 3.8) is 0 Å². The number of thiophene rings is 1. The lowest BCUT2D eigenvalue weighted by molar-refractivity contribution is -0.115. The largest absolute Gasteiger partial charge is 0.365 e. The Morgan fingerprint density at radius 3 is 2.81 bits per heavy atom. The molecular weight excluding hydrogens is 390 g/mol. The van der Waals surface area contributed by atoms with E-state index >= 15 is 0 Å². The second-order valence-corrected chi connectivity index (χ2v) is 10.1. The van der Waals surface area contributed by atoms with Crippen LogP contribution in [0.3, 0.4) is 0 Å². The number of fused-ring (bicyclic) bond motifs is 1. The Labute approximate surface area is 163 Å². The van der Waals surface area contributed by atoms with E-state index < -0.39 is 5.91 Å². The van der Waals surface area contributed by atoms with Gasteiger partial charge in [-0.15, -0.1) is 21.5 Å². The molecule has 7 nitrogen and oxygen atoms in total. The van der Waals surface area contributed by atoms with Gasteiger partial charge in [0.05, 0.1) is 10.8 Å². The number of nitrogens with zero attached hydrogens (tertiary/aromatic N) is 2. The molecule has 2 aliphatic carbocycles. The summed E-state index contributed by atoms with van der Waals surface area (Å²) in [6.45, 7) is 1.82. The fourth-order valence-electron chi connectivity index (χ4n) is 2.89. The van der Waals surface area contributed by atoms with Crippen molar-refractivity contribution in [3.8, 4) is 0 Å². The number of thioether (sulfide) groups is 1. The smallest absolute Gasteiger partial charge is 0.251 e. The molecule has 2 aliphatic rings. The van der Waals surface area contributed by atoms with Crippen molar-refractivity contribution in [1.29, 1.82) is 0 Å². The standard InChI is InChI=1S/C16H19N5O2S3/c1-7(24-16-21-20-15(26-16)18-8-5-6-8)13(23)19-14-11(12(17)22)9-3-2-4-10(9)25-14/h7-8H,2-6H2,1H3,(H2,17,22)(H,18,20)(H,19,23)/t7-/m1/s1. The van der Waals surface area contributed by atoms with E-state index in [-0.39, 0.29) is 11.2 Å². The number of rotatable bonds is 7. The van der Waals surface area contributed by atoms with Crippen LogP contribution in [0, 0.1) is 0 Å². The average molecular weight is 410 g/mol. The predicted molar refractivity (Wildman–Crippen MR) is 105 cm³/mol. The molecule has 0 aromatic carbocycles. The van der Waals surface area contributed by atoms with Crippen LogP contribution in [-0.4, -0.2) is 33.3 Å². The number of nitrogens with one attached hydrogen (secondary N) is 2. The van der Waals surface area contributed by atoms with Gasteiger partial charge >= 0.3 is 0 Å². The highest BCUT2D eigenvalue weighted by Crippen LogP contribution is 2.39. The van der Waals surface area contributed by atoms with E-state index in [1.165, 1.54) is 47.3 Å². The second kappa shape index (κ2) is 7.16. The van der Waals surface area contributed by atoms with E-state index in [2.05, 4.69) is 20.8 Å². The lowest BCUT2D eigenvalue weighted by atomic mass is 10.1. The molecule has 1 fully saturated rings. The summed E-state index contributed by atoms with van der Waals surface area (Å²) < 4.78 is 0.750. The topological polar surface area (TPSA) is 110 Å². The van der Waals surface area contributed by atoms with Crippen molar-refractivity contribution < 1.29 is 9.59 Å². The van der Waals surface area contributed by atoms with Crippen LogP contribution in [0.5, 0.6) is 0 Å². The molecule has 1 atom stereocenters. The van der Waals surface area contributed by atoms with Crippen LogP contribution >= 0.6 is 34.4 Å². The monoisotopic (exact) mass is 409 g/mol. The predicted octanol–water partition coefficient (Wildman–Crippen LogP) is 2.88. The Morgan fingerprint density at radius 1 is 1.27 bits per heavy atom. The zero-order chi connectivity index (χ0) is 18.3. The molecule has 2 aromatic heterocycles. The molecule has 4 rings (SSSR count). The van der Waals surface area contributed by atoms with Crippen molar-refractivity contribution in [2.45, 2.75) is 54.7 Å². The van der Waals surface area contributed by atoms with Crippen molar-refractivity contribution >= 4 is 56.4 Å². The van der Waals surface area contributed by atoms with Gasteiger partial charge in [-0.1, -0.05) is 23.1 Å². The van der Waals surface area contributed by atoms with Crippen LogP contribution in [0.4, 0.5) is 10.1 Å². The third kappa shape index (κ3) is 3.72. The molecular formula is C16H19N5O2S3. The molecule has 2 amide bonds. The summed E-state index contributed by atoms with van der Waals surface area (Å²) in [5.41, 5.74) is 7.04. The molecule has 1 saturated carbocycles. The number of carbonyl (C=O) groups is 2. The zero-order valence-electron chi connectivity index (χ0n) is 14.2. The van der Waals surface area contributed by atoms with Gasteiger partial charge in [0.15, 0.2) is 4.34 Å².